The van der Waals surface area contributed by atoms with Crippen molar-refractivity contribution in [1.82, 2.24) is 10.2 Å². The number of fused-ring (bicyclic) bond motifs is 1. The van der Waals surface area contributed by atoms with Gasteiger partial charge in [0.15, 0.2) is 9.84 Å². The van der Waals surface area contributed by atoms with Crippen LogP contribution in [0.15, 0.2) is 24.3 Å². The molecule has 4 nitrogen and oxygen atoms in total. The molecule has 0 amide bonds. The van der Waals surface area contributed by atoms with Crippen LogP contribution in [-0.4, -0.2) is 44.0 Å². The Morgan fingerprint density at radius 1 is 1.21 bits per heavy atom. The molecule has 2 heterocycles. The van der Waals surface area contributed by atoms with Gasteiger partial charge < -0.3 is 5.32 Å². The molecule has 2 aliphatic heterocycles. The Hall–Kier alpha value is -0.910. The zero-order valence-corrected chi connectivity index (χ0v) is 11.8. The normalized spacial score (nSPS) is 26.2. The first kappa shape index (κ1) is 13.1. The van der Waals surface area contributed by atoms with Gasteiger partial charge in [0.2, 0.25) is 0 Å². The molecule has 1 fully saturated rings. The second-order valence-electron chi connectivity index (χ2n) is 5.53. The summed E-state index contributed by atoms with van der Waals surface area (Å²) in [6.45, 7) is 3.56. The molecular formula is C14H20N2O2S. The van der Waals surface area contributed by atoms with E-state index in [1.165, 1.54) is 11.1 Å². The highest BCUT2D eigenvalue weighted by Gasteiger charge is 2.25. The number of hydrogen-bond acceptors (Lipinski definition) is 4. The van der Waals surface area contributed by atoms with Gasteiger partial charge in [0.05, 0.1) is 11.5 Å². The Bertz CT molecular complexity index is 531. The van der Waals surface area contributed by atoms with E-state index in [9.17, 15) is 8.42 Å². The first-order valence-electron chi connectivity index (χ1n) is 6.85. The van der Waals surface area contributed by atoms with Gasteiger partial charge in [-0.05, 0) is 17.5 Å². The highest BCUT2D eigenvalue weighted by molar-refractivity contribution is 7.91. The van der Waals surface area contributed by atoms with Crippen molar-refractivity contribution in [2.45, 2.75) is 25.6 Å². The lowest BCUT2D eigenvalue weighted by molar-refractivity contribution is 0.266. The lowest BCUT2D eigenvalue weighted by Gasteiger charge is -2.25. The van der Waals surface area contributed by atoms with Crippen LogP contribution in [0.25, 0.3) is 0 Å². The fourth-order valence-electron chi connectivity index (χ4n) is 2.95. The van der Waals surface area contributed by atoms with Crippen LogP contribution in [0.3, 0.4) is 0 Å². The van der Waals surface area contributed by atoms with Gasteiger partial charge >= 0.3 is 0 Å². The van der Waals surface area contributed by atoms with E-state index in [0.29, 0.717) is 18.1 Å². The minimum atomic E-state index is -2.81. The summed E-state index contributed by atoms with van der Waals surface area (Å²) in [5.41, 5.74) is 2.82. The van der Waals surface area contributed by atoms with Crippen molar-refractivity contribution < 1.29 is 8.42 Å². The molecular weight excluding hydrogens is 260 g/mol. The maximum absolute atomic E-state index is 11.6. The molecule has 2 aliphatic rings. The van der Waals surface area contributed by atoms with Crippen molar-refractivity contribution in [2.75, 3.05) is 24.6 Å². The summed E-state index contributed by atoms with van der Waals surface area (Å²) in [7, 11) is -2.81. The number of nitrogens with one attached hydrogen (secondary N) is 1. The molecule has 3 rings (SSSR count). The minimum Gasteiger partial charge on any atom is -0.312 e. The van der Waals surface area contributed by atoms with E-state index >= 15 is 0 Å². The summed E-state index contributed by atoms with van der Waals surface area (Å²) >= 11 is 0. The van der Waals surface area contributed by atoms with Crippen LogP contribution in [-0.2, 0) is 22.9 Å². The molecule has 19 heavy (non-hydrogen) atoms. The Labute approximate surface area is 114 Å². The maximum Gasteiger partial charge on any atom is 0.153 e. The molecule has 0 saturated carbocycles. The summed E-state index contributed by atoms with van der Waals surface area (Å²) in [5, 5.41) is 3.31. The smallest absolute Gasteiger partial charge is 0.153 e. The average Bonchev–Trinajstić information content (AvgIpc) is 2.78. The second kappa shape index (κ2) is 5.23. The summed E-state index contributed by atoms with van der Waals surface area (Å²) < 4.78 is 23.2. The molecule has 1 atom stereocenters. The van der Waals surface area contributed by atoms with E-state index in [0.717, 1.165) is 26.1 Å². The number of hydrogen-bond donors (Lipinski definition) is 1. The van der Waals surface area contributed by atoms with E-state index in [-0.39, 0.29) is 6.04 Å². The maximum atomic E-state index is 11.6. The molecule has 1 N–H and O–H groups in total. The van der Waals surface area contributed by atoms with Gasteiger partial charge in [-0.2, -0.15) is 0 Å². The SMILES string of the molecule is O=S1(=O)CCNC(CCN2Cc3ccccc3C2)C1. The molecule has 0 aromatic heterocycles. The topological polar surface area (TPSA) is 49.4 Å². The average molecular weight is 280 g/mol. The van der Waals surface area contributed by atoms with Gasteiger partial charge in [0, 0.05) is 32.2 Å². The number of benzene rings is 1. The van der Waals surface area contributed by atoms with E-state index in [2.05, 4.69) is 34.5 Å². The largest absolute Gasteiger partial charge is 0.312 e. The summed E-state index contributed by atoms with van der Waals surface area (Å²) in [4.78, 5) is 2.40. The molecule has 1 aromatic rings. The first-order chi connectivity index (χ1) is 9.12. The quantitative estimate of drug-likeness (QED) is 0.889. The van der Waals surface area contributed by atoms with Crippen molar-refractivity contribution in [1.29, 1.82) is 0 Å². The molecule has 0 spiro atoms. The summed E-state index contributed by atoms with van der Waals surface area (Å²) in [6, 6.07) is 8.65. The predicted molar refractivity (Wildman–Crippen MR) is 75.6 cm³/mol. The zero-order valence-electron chi connectivity index (χ0n) is 11.0. The Morgan fingerprint density at radius 3 is 2.53 bits per heavy atom. The van der Waals surface area contributed by atoms with Crippen molar-refractivity contribution in [2.24, 2.45) is 0 Å². The standard InChI is InChI=1S/C14H20N2O2S/c17-19(18)8-6-15-14(11-19)5-7-16-9-12-3-1-2-4-13(12)10-16/h1-4,14-15H,5-11H2. The Balaban J connectivity index is 1.52. The highest BCUT2D eigenvalue weighted by atomic mass is 32.2. The summed E-state index contributed by atoms with van der Waals surface area (Å²) in [5.74, 6) is 0.590. The molecule has 5 heteroatoms. The van der Waals surface area contributed by atoms with Gasteiger partial charge in [0.1, 0.15) is 0 Å². The van der Waals surface area contributed by atoms with Crippen LogP contribution < -0.4 is 5.32 Å². The lowest BCUT2D eigenvalue weighted by atomic mass is 10.1. The third kappa shape index (κ3) is 3.16. The fraction of sp³-hybridized carbons (Fsp3) is 0.571. The Kier molecular flexibility index (Phi) is 3.60. The molecule has 0 radical (unpaired) electrons. The number of rotatable bonds is 3. The summed E-state index contributed by atoms with van der Waals surface area (Å²) in [6.07, 6.45) is 0.910. The Morgan fingerprint density at radius 2 is 1.89 bits per heavy atom. The molecule has 1 aromatic carbocycles. The van der Waals surface area contributed by atoms with Gasteiger partial charge in [-0.15, -0.1) is 0 Å². The third-order valence-electron chi connectivity index (χ3n) is 4.00. The van der Waals surface area contributed by atoms with Crippen LogP contribution in [0.1, 0.15) is 17.5 Å². The first-order valence-corrected chi connectivity index (χ1v) is 8.67. The van der Waals surface area contributed by atoms with Gasteiger partial charge in [-0.25, -0.2) is 8.42 Å². The van der Waals surface area contributed by atoms with E-state index in [1.54, 1.807) is 0 Å². The predicted octanol–water partition coefficient (Wildman–Crippen LogP) is 0.779. The van der Waals surface area contributed by atoms with Crippen LogP contribution in [0.5, 0.6) is 0 Å². The van der Waals surface area contributed by atoms with E-state index in [4.69, 9.17) is 0 Å². The highest BCUT2D eigenvalue weighted by Crippen LogP contribution is 2.22. The van der Waals surface area contributed by atoms with Crippen molar-refractivity contribution >= 4 is 9.84 Å². The van der Waals surface area contributed by atoms with Crippen LogP contribution in [0.4, 0.5) is 0 Å². The second-order valence-corrected chi connectivity index (χ2v) is 7.76. The van der Waals surface area contributed by atoms with Crippen LogP contribution >= 0.6 is 0 Å². The monoisotopic (exact) mass is 280 g/mol. The number of sulfone groups is 1. The van der Waals surface area contributed by atoms with Gasteiger partial charge in [-0.1, -0.05) is 24.3 Å². The van der Waals surface area contributed by atoms with Crippen molar-refractivity contribution in [3.05, 3.63) is 35.4 Å². The van der Waals surface area contributed by atoms with Crippen molar-refractivity contribution in [3.8, 4) is 0 Å². The zero-order chi connectivity index (χ0) is 13.3. The third-order valence-corrected chi connectivity index (χ3v) is 5.74. The molecule has 0 bridgehead atoms. The molecule has 0 aliphatic carbocycles. The van der Waals surface area contributed by atoms with Crippen molar-refractivity contribution in [3.63, 3.8) is 0 Å². The molecule has 1 saturated heterocycles. The van der Waals surface area contributed by atoms with Gasteiger partial charge in [-0.3, -0.25) is 4.90 Å². The lowest BCUT2D eigenvalue weighted by Crippen LogP contribution is -2.46. The van der Waals surface area contributed by atoms with E-state index in [1.807, 2.05) is 0 Å². The van der Waals surface area contributed by atoms with Gasteiger partial charge in [0.25, 0.3) is 0 Å². The molecule has 1 unspecified atom stereocenters. The minimum absolute atomic E-state index is 0.127. The van der Waals surface area contributed by atoms with Crippen LogP contribution in [0, 0.1) is 0 Å². The number of nitrogens with zero attached hydrogens (tertiary/aromatic N) is 1. The van der Waals surface area contributed by atoms with E-state index < -0.39 is 9.84 Å². The molecule has 104 valence electrons. The fourth-order valence-corrected chi connectivity index (χ4v) is 4.45. The van der Waals surface area contributed by atoms with Crippen LogP contribution in [0.2, 0.25) is 0 Å².